The van der Waals surface area contributed by atoms with Gasteiger partial charge in [-0.05, 0) is 23.3 Å². The molecule has 2 nitrogen and oxygen atoms in total. The van der Waals surface area contributed by atoms with Crippen LogP contribution in [-0.4, -0.2) is 16.8 Å². The van der Waals surface area contributed by atoms with E-state index in [4.69, 9.17) is 21.8 Å². The van der Waals surface area contributed by atoms with Crippen LogP contribution >= 0.6 is 11.6 Å². The summed E-state index contributed by atoms with van der Waals surface area (Å²) in [6, 6.07) is 5.34. The molecule has 3 heteroatoms. The largest absolute Gasteiger partial charge is 0.392 e. The summed E-state index contributed by atoms with van der Waals surface area (Å²) >= 11 is 5.80. The van der Waals surface area contributed by atoms with E-state index in [2.05, 4.69) is 0 Å². The van der Waals surface area contributed by atoms with E-state index in [1.165, 1.54) is 0 Å². The lowest BCUT2D eigenvalue weighted by molar-refractivity contribution is 0.282. The fourth-order valence-corrected chi connectivity index (χ4v) is 1.19. The first-order valence-corrected chi connectivity index (χ1v) is 4.32. The molecule has 13 heavy (non-hydrogen) atoms. The van der Waals surface area contributed by atoms with Gasteiger partial charge in [-0.3, -0.25) is 0 Å². The average molecular weight is 199 g/mol. The van der Waals surface area contributed by atoms with Gasteiger partial charge in [0.1, 0.15) is 0 Å². The minimum absolute atomic E-state index is 0.0110. The molecule has 0 fully saturated rings. The Labute approximate surface area is 82.1 Å². The first kappa shape index (κ1) is 10.3. The first-order valence-electron chi connectivity index (χ1n) is 3.94. The summed E-state index contributed by atoms with van der Waals surface area (Å²) in [6.07, 6.45) is 3.40. The average Bonchev–Trinajstić information content (AvgIpc) is 2.16. The third-order valence-corrected chi connectivity index (χ3v) is 2.02. The van der Waals surface area contributed by atoms with Gasteiger partial charge in [0.15, 0.2) is 0 Å². The van der Waals surface area contributed by atoms with Crippen LogP contribution < -0.4 is 0 Å². The van der Waals surface area contributed by atoms with E-state index in [1.54, 1.807) is 24.3 Å². The van der Waals surface area contributed by atoms with Crippen molar-refractivity contribution in [2.24, 2.45) is 0 Å². The Morgan fingerprint density at radius 1 is 1.31 bits per heavy atom. The van der Waals surface area contributed by atoms with Crippen molar-refractivity contribution in [3.8, 4) is 0 Å². The van der Waals surface area contributed by atoms with Crippen molar-refractivity contribution in [3.05, 3.63) is 40.4 Å². The maximum Gasteiger partial charge on any atom is 0.0696 e. The summed E-state index contributed by atoms with van der Waals surface area (Å²) in [6.45, 7) is -0.0588. The van der Waals surface area contributed by atoms with Crippen molar-refractivity contribution < 1.29 is 10.2 Å². The molecule has 0 unspecified atom stereocenters. The monoisotopic (exact) mass is 198 g/mol. The molecule has 0 spiro atoms. The second-order valence-corrected chi connectivity index (χ2v) is 3.00. The zero-order valence-corrected chi connectivity index (χ0v) is 7.83. The second-order valence-electron chi connectivity index (χ2n) is 2.59. The topological polar surface area (TPSA) is 40.5 Å². The van der Waals surface area contributed by atoms with Crippen LogP contribution in [0.1, 0.15) is 11.1 Å². The Morgan fingerprint density at radius 2 is 2.08 bits per heavy atom. The minimum atomic E-state index is -0.0698. The van der Waals surface area contributed by atoms with Crippen LogP contribution in [-0.2, 0) is 6.61 Å². The molecule has 0 radical (unpaired) electrons. The summed E-state index contributed by atoms with van der Waals surface area (Å²) in [5.41, 5.74) is 1.62. The minimum Gasteiger partial charge on any atom is -0.392 e. The third-order valence-electron chi connectivity index (χ3n) is 1.66. The summed E-state index contributed by atoms with van der Waals surface area (Å²) in [5.74, 6) is 0. The molecule has 1 aromatic carbocycles. The summed E-state index contributed by atoms with van der Waals surface area (Å²) in [5, 5.41) is 18.0. The molecule has 0 aliphatic heterocycles. The number of aliphatic hydroxyl groups excluding tert-OH is 2. The van der Waals surface area contributed by atoms with Crippen molar-refractivity contribution in [2.45, 2.75) is 6.61 Å². The van der Waals surface area contributed by atoms with Gasteiger partial charge >= 0.3 is 0 Å². The number of benzene rings is 1. The van der Waals surface area contributed by atoms with Crippen LogP contribution in [0.2, 0.25) is 5.02 Å². The fourth-order valence-electron chi connectivity index (χ4n) is 1.01. The fraction of sp³-hybridized carbons (Fsp3) is 0.200. The summed E-state index contributed by atoms with van der Waals surface area (Å²) in [7, 11) is 0. The highest BCUT2D eigenvalue weighted by Gasteiger charge is 1.98. The van der Waals surface area contributed by atoms with Gasteiger partial charge in [0.25, 0.3) is 0 Å². The molecule has 1 rings (SSSR count). The van der Waals surface area contributed by atoms with E-state index in [9.17, 15) is 0 Å². The van der Waals surface area contributed by atoms with Crippen LogP contribution in [0, 0.1) is 0 Å². The zero-order valence-electron chi connectivity index (χ0n) is 7.07. The van der Waals surface area contributed by atoms with Crippen LogP contribution in [0.3, 0.4) is 0 Å². The Morgan fingerprint density at radius 3 is 2.69 bits per heavy atom. The summed E-state index contributed by atoms with van der Waals surface area (Å²) in [4.78, 5) is 0. The molecule has 0 bridgehead atoms. The highest BCUT2D eigenvalue weighted by atomic mass is 35.5. The number of hydrogen-bond donors (Lipinski definition) is 2. The van der Waals surface area contributed by atoms with Crippen molar-refractivity contribution in [1.29, 1.82) is 0 Å². The van der Waals surface area contributed by atoms with Gasteiger partial charge in [-0.1, -0.05) is 29.8 Å². The third kappa shape index (κ3) is 2.84. The lowest BCUT2D eigenvalue weighted by atomic mass is 10.1. The first-order chi connectivity index (χ1) is 6.27. The van der Waals surface area contributed by atoms with E-state index in [0.29, 0.717) is 10.6 Å². The Kier molecular flexibility index (Phi) is 3.96. The van der Waals surface area contributed by atoms with Crippen LogP contribution in [0.5, 0.6) is 0 Å². The quantitative estimate of drug-likeness (QED) is 0.778. The predicted octanol–water partition coefficient (Wildman–Crippen LogP) is 1.84. The zero-order chi connectivity index (χ0) is 9.68. The number of aliphatic hydroxyl groups is 2. The lowest BCUT2D eigenvalue weighted by Crippen LogP contribution is -1.85. The van der Waals surface area contributed by atoms with E-state index in [1.807, 2.05) is 6.07 Å². The molecule has 0 heterocycles. The van der Waals surface area contributed by atoms with Crippen LogP contribution in [0.25, 0.3) is 6.08 Å². The van der Waals surface area contributed by atoms with Gasteiger partial charge in [-0.25, -0.2) is 0 Å². The maximum absolute atomic E-state index is 8.91. The van der Waals surface area contributed by atoms with Gasteiger partial charge in [-0.2, -0.15) is 0 Å². The van der Waals surface area contributed by atoms with Crippen molar-refractivity contribution >= 4 is 17.7 Å². The van der Waals surface area contributed by atoms with E-state index < -0.39 is 0 Å². The molecule has 0 saturated carbocycles. The van der Waals surface area contributed by atoms with Crippen molar-refractivity contribution in [1.82, 2.24) is 0 Å². The predicted molar refractivity (Wildman–Crippen MR) is 53.5 cm³/mol. The van der Waals surface area contributed by atoms with E-state index >= 15 is 0 Å². The lowest BCUT2D eigenvalue weighted by Gasteiger charge is -2.01. The van der Waals surface area contributed by atoms with Gasteiger partial charge in [0.2, 0.25) is 0 Å². The molecule has 0 atom stereocenters. The van der Waals surface area contributed by atoms with E-state index in [-0.39, 0.29) is 13.2 Å². The maximum atomic E-state index is 8.91. The SMILES string of the molecule is OCC=Cc1ccc(Cl)c(CO)c1. The molecule has 0 amide bonds. The van der Waals surface area contributed by atoms with Gasteiger partial charge in [0, 0.05) is 5.02 Å². The Bertz CT molecular complexity index is 308. The molecule has 0 aromatic heterocycles. The van der Waals surface area contributed by atoms with E-state index in [0.717, 1.165) is 5.56 Å². The second kappa shape index (κ2) is 5.02. The summed E-state index contributed by atoms with van der Waals surface area (Å²) < 4.78 is 0. The van der Waals surface area contributed by atoms with Crippen LogP contribution in [0.15, 0.2) is 24.3 Å². The van der Waals surface area contributed by atoms with Gasteiger partial charge in [-0.15, -0.1) is 0 Å². The molecule has 70 valence electrons. The molecular formula is C10H11ClO2. The van der Waals surface area contributed by atoms with Crippen molar-refractivity contribution in [3.63, 3.8) is 0 Å². The number of halogens is 1. The van der Waals surface area contributed by atoms with Gasteiger partial charge < -0.3 is 10.2 Å². The molecule has 0 aliphatic carbocycles. The van der Waals surface area contributed by atoms with Gasteiger partial charge in [0.05, 0.1) is 13.2 Å². The molecule has 0 saturated heterocycles. The molecular weight excluding hydrogens is 188 g/mol. The van der Waals surface area contributed by atoms with Crippen LogP contribution in [0.4, 0.5) is 0 Å². The standard InChI is InChI=1S/C10H11ClO2/c11-10-4-3-8(2-1-5-12)6-9(10)7-13/h1-4,6,12-13H,5,7H2. The normalized spacial score (nSPS) is 11.0. The number of hydrogen-bond acceptors (Lipinski definition) is 2. The Balaban J connectivity index is 2.92. The van der Waals surface area contributed by atoms with Crippen molar-refractivity contribution in [2.75, 3.05) is 6.61 Å². The molecule has 2 N–H and O–H groups in total. The number of rotatable bonds is 3. The highest BCUT2D eigenvalue weighted by molar-refractivity contribution is 6.31. The smallest absolute Gasteiger partial charge is 0.0696 e. The molecule has 1 aromatic rings. The molecule has 0 aliphatic rings. The Hall–Kier alpha value is -0.830. The highest BCUT2D eigenvalue weighted by Crippen LogP contribution is 2.18.